The molecule has 2 aromatic rings. The Morgan fingerprint density at radius 3 is 2.76 bits per heavy atom. The zero-order valence-corrected chi connectivity index (χ0v) is 17.4. The van der Waals surface area contributed by atoms with Crippen LogP contribution in [0.4, 0.5) is 4.39 Å². The van der Waals surface area contributed by atoms with Gasteiger partial charge in [0.25, 0.3) is 0 Å². The van der Waals surface area contributed by atoms with E-state index in [9.17, 15) is 4.39 Å². The summed E-state index contributed by atoms with van der Waals surface area (Å²) >= 11 is 0. The predicted octanol–water partition coefficient (Wildman–Crippen LogP) is 3.31. The number of guanidine groups is 1. The highest BCUT2D eigenvalue weighted by molar-refractivity contribution is 14.0. The number of H-pyrrole nitrogens is 1. The molecule has 2 rings (SSSR count). The Bertz CT molecular complexity index is 672. The van der Waals surface area contributed by atoms with Crippen molar-refractivity contribution in [2.24, 2.45) is 10.9 Å². The SMILES string of the molecule is CN=C(NCCOCC(C)C)NCCc1c[nH]c2cc(F)ccc12.I. The minimum absolute atomic E-state index is 0. The molecule has 0 aliphatic heterocycles. The molecule has 0 atom stereocenters. The van der Waals surface area contributed by atoms with Gasteiger partial charge in [0.05, 0.1) is 6.61 Å². The Morgan fingerprint density at radius 1 is 1.28 bits per heavy atom. The first-order valence-corrected chi connectivity index (χ1v) is 8.38. The number of hydrogen-bond donors (Lipinski definition) is 3. The van der Waals surface area contributed by atoms with Gasteiger partial charge in [-0.25, -0.2) is 4.39 Å². The number of ether oxygens (including phenoxy) is 1. The number of benzene rings is 1. The third-order valence-electron chi connectivity index (χ3n) is 3.63. The summed E-state index contributed by atoms with van der Waals surface area (Å²) < 4.78 is 18.7. The maximum atomic E-state index is 13.2. The van der Waals surface area contributed by atoms with Crippen molar-refractivity contribution in [3.05, 3.63) is 35.8 Å². The molecule has 0 saturated carbocycles. The molecule has 5 nitrogen and oxygen atoms in total. The normalized spacial score (nSPS) is 11.6. The van der Waals surface area contributed by atoms with E-state index in [0.717, 1.165) is 48.5 Å². The molecule has 140 valence electrons. The molecule has 3 N–H and O–H groups in total. The van der Waals surface area contributed by atoms with E-state index in [2.05, 4.69) is 34.5 Å². The van der Waals surface area contributed by atoms with Crippen LogP contribution in [0.5, 0.6) is 0 Å². The van der Waals surface area contributed by atoms with Crippen molar-refractivity contribution in [3.63, 3.8) is 0 Å². The number of aromatic amines is 1. The zero-order valence-electron chi connectivity index (χ0n) is 15.1. The number of rotatable bonds is 8. The van der Waals surface area contributed by atoms with Gasteiger partial charge in [0, 0.05) is 43.8 Å². The Morgan fingerprint density at radius 2 is 2.04 bits per heavy atom. The van der Waals surface area contributed by atoms with Gasteiger partial charge in [0.15, 0.2) is 5.96 Å². The number of nitrogens with one attached hydrogen (secondary N) is 3. The van der Waals surface area contributed by atoms with Gasteiger partial charge < -0.3 is 20.4 Å². The highest BCUT2D eigenvalue weighted by Gasteiger charge is 2.05. The molecule has 0 saturated heterocycles. The third kappa shape index (κ3) is 7.19. The Balaban J connectivity index is 0.00000312. The lowest BCUT2D eigenvalue weighted by Gasteiger charge is -2.12. The fourth-order valence-corrected chi connectivity index (χ4v) is 2.46. The molecule has 0 aliphatic carbocycles. The smallest absolute Gasteiger partial charge is 0.191 e. The van der Waals surface area contributed by atoms with Crippen LogP contribution in [0, 0.1) is 11.7 Å². The second kappa shape index (κ2) is 11.3. The van der Waals surface area contributed by atoms with Crippen LogP contribution in [0.2, 0.25) is 0 Å². The zero-order chi connectivity index (χ0) is 17.4. The predicted molar refractivity (Wildman–Crippen MR) is 112 cm³/mol. The highest BCUT2D eigenvalue weighted by Crippen LogP contribution is 2.19. The molecule has 25 heavy (non-hydrogen) atoms. The summed E-state index contributed by atoms with van der Waals surface area (Å²) in [5.41, 5.74) is 1.99. The van der Waals surface area contributed by atoms with E-state index in [-0.39, 0.29) is 29.8 Å². The van der Waals surface area contributed by atoms with Crippen molar-refractivity contribution in [1.82, 2.24) is 15.6 Å². The molecule has 7 heteroatoms. The molecule has 0 bridgehead atoms. The number of fused-ring (bicyclic) bond motifs is 1. The maximum absolute atomic E-state index is 13.2. The molecule has 1 aromatic heterocycles. The summed E-state index contributed by atoms with van der Waals surface area (Å²) in [6.45, 7) is 7.16. The van der Waals surface area contributed by atoms with Crippen LogP contribution < -0.4 is 10.6 Å². The van der Waals surface area contributed by atoms with Gasteiger partial charge in [-0.15, -0.1) is 24.0 Å². The number of hydrogen-bond acceptors (Lipinski definition) is 2. The lowest BCUT2D eigenvalue weighted by molar-refractivity contribution is 0.114. The Labute approximate surface area is 165 Å². The largest absolute Gasteiger partial charge is 0.379 e. The Kier molecular flexibility index (Phi) is 9.81. The summed E-state index contributed by atoms with van der Waals surface area (Å²) in [6.07, 6.45) is 2.76. The molecule has 0 fully saturated rings. The van der Waals surface area contributed by atoms with Crippen molar-refractivity contribution in [2.75, 3.05) is 33.4 Å². The van der Waals surface area contributed by atoms with E-state index in [1.165, 1.54) is 12.1 Å². The molecule has 0 amide bonds. The van der Waals surface area contributed by atoms with E-state index < -0.39 is 0 Å². The average molecular weight is 462 g/mol. The van der Waals surface area contributed by atoms with Crippen LogP contribution in [-0.2, 0) is 11.2 Å². The summed E-state index contributed by atoms with van der Waals surface area (Å²) in [7, 11) is 1.75. The lowest BCUT2D eigenvalue weighted by atomic mass is 10.1. The monoisotopic (exact) mass is 462 g/mol. The standard InChI is InChI=1S/C18H27FN4O.HI/c1-13(2)12-24-9-8-22-18(20-3)21-7-6-14-11-23-17-10-15(19)4-5-16(14)17;/h4-5,10-11,13,23H,6-9,12H2,1-3H3,(H2,20,21,22);1H. The van der Waals surface area contributed by atoms with Crippen molar-refractivity contribution in [3.8, 4) is 0 Å². The van der Waals surface area contributed by atoms with Gasteiger partial charge in [0.2, 0.25) is 0 Å². The molecular formula is C18H28FIN4O. The van der Waals surface area contributed by atoms with Gasteiger partial charge in [-0.05, 0) is 36.1 Å². The molecule has 1 heterocycles. The van der Waals surface area contributed by atoms with E-state index in [1.807, 2.05) is 12.3 Å². The van der Waals surface area contributed by atoms with Crippen molar-refractivity contribution in [1.29, 1.82) is 0 Å². The fourth-order valence-electron chi connectivity index (χ4n) is 2.46. The van der Waals surface area contributed by atoms with Crippen LogP contribution in [0.1, 0.15) is 19.4 Å². The topological polar surface area (TPSA) is 61.4 Å². The first-order valence-electron chi connectivity index (χ1n) is 8.38. The van der Waals surface area contributed by atoms with E-state index in [0.29, 0.717) is 12.5 Å². The summed E-state index contributed by atoms with van der Waals surface area (Å²) in [6, 6.07) is 4.82. The van der Waals surface area contributed by atoms with Gasteiger partial charge in [-0.1, -0.05) is 13.8 Å². The van der Waals surface area contributed by atoms with Gasteiger partial charge in [-0.2, -0.15) is 0 Å². The van der Waals surface area contributed by atoms with Crippen LogP contribution in [-0.4, -0.2) is 44.3 Å². The number of aromatic nitrogens is 1. The first-order chi connectivity index (χ1) is 11.6. The number of halogens is 2. The average Bonchev–Trinajstić information content (AvgIpc) is 2.94. The number of nitrogens with zero attached hydrogens (tertiary/aromatic N) is 1. The second-order valence-corrected chi connectivity index (χ2v) is 6.15. The highest BCUT2D eigenvalue weighted by atomic mass is 127. The van der Waals surface area contributed by atoms with Crippen molar-refractivity contribution < 1.29 is 9.13 Å². The van der Waals surface area contributed by atoms with Gasteiger partial charge >= 0.3 is 0 Å². The van der Waals surface area contributed by atoms with Crippen LogP contribution in [0.25, 0.3) is 10.9 Å². The summed E-state index contributed by atoms with van der Waals surface area (Å²) in [5, 5.41) is 7.56. The van der Waals surface area contributed by atoms with Crippen LogP contribution >= 0.6 is 24.0 Å². The van der Waals surface area contributed by atoms with E-state index in [1.54, 1.807) is 7.05 Å². The minimum atomic E-state index is -0.224. The third-order valence-corrected chi connectivity index (χ3v) is 3.63. The summed E-state index contributed by atoms with van der Waals surface area (Å²) in [4.78, 5) is 7.30. The maximum Gasteiger partial charge on any atom is 0.191 e. The Hall–Kier alpha value is -1.35. The molecule has 0 radical (unpaired) electrons. The van der Waals surface area contributed by atoms with Crippen molar-refractivity contribution in [2.45, 2.75) is 20.3 Å². The molecule has 1 aromatic carbocycles. The summed E-state index contributed by atoms with van der Waals surface area (Å²) in [5.74, 6) is 1.08. The van der Waals surface area contributed by atoms with E-state index in [4.69, 9.17) is 4.74 Å². The minimum Gasteiger partial charge on any atom is -0.379 e. The molecule has 0 spiro atoms. The van der Waals surface area contributed by atoms with E-state index >= 15 is 0 Å². The number of aliphatic imine (C=N–C) groups is 1. The van der Waals surface area contributed by atoms with Gasteiger partial charge in [0.1, 0.15) is 5.82 Å². The molecular weight excluding hydrogens is 434 g/mol. The molecule has 0 unspecified atom stereocenters. The fraction of sp³-hybridized carbons (Fsp3) is 0.500. The first kappa shape index (κ1) is 21.7. The lowest BCUT2D eigenvalue weighted by Crippen LogP contribution is -2.39. The molecule has 0 aliphatic rings. The van der Waals surface area contributed by atoms with Gasteiger partial charge in [-0.3, -0.25) is 4.99 Å². The quantitative estimate of drug-likeness (QED) is 0.244. The van der Waals surface area contributed by atoms with Crippen molar-refractivity contribution >= 4 is 40.8 Å². The van der Waals surface area contributed by atoms with Crippen LogP contribution in [0.15, 0.2) is 29.4 Å². The van der Waals surface area contributed by atoms with Crippen LogP contribution in [0.3, 0.4) is 0 Å². The second-order valence-electron chi connectivity index (χ2n) is 6.15.